The summed E-state index contributed by atoms with van der Waals surface area (Å²) >= 11 is 12.2. The predicted octanol–water partition coefficient (Wildman–Crippen LogP) is 5.63. The summed E-state index contributed by atoms with van der Waals surface area (Å²) in [4.78, 5) is 11.7. The molecule has 0 spiro atoms. The van der Waals surface area contributed by atoms with Gasteiger partial charge in [-0.05, 0) is 35.7 Å². The summed E-state index contributed by atoms with van der Waals surface area (Å²) in [6, 6.07) is 12.4. The summed E-state index contributed by atoms with van der Waals surface area (Å²) in [5.74, 6) is 0.482. The zero-order valence-corrected chi connectivity index (χ0v) is 14.7. The minimum Gasteiger partial charge on any atom is -0.487 e. The van der Waals surface area contributed by atoms with E-state index in [4.69, 9.17) is 32.4 Å². The van der Waals surface area contributed by atoms with Gasteiger partial charge < -0.3 is 9.15 Å². The molecule has 0 saturated carbocycles. The number of halogens is 2. The quantitative estimate of drug-likeness (QED) is 0.552. The minimum absolute atomic E-state index is 0.348. The van der Waals surface area contributed by atoms with Crippen molar-refractivity contribution in [3.63, 3.8) is 0 Å². The number of benzene rings is 2. The third-order valence-corrected chi connectivity index (χ3v) is 4.26. The van der Waals surface area contributed by atoms with Crippen molar-refractivity contribution in [2.45, 2.75) is 26.4 Å². The van der Waals surface area contributed by atoms with Gasteiger partial charge in [-0.15, -0.1) is 0 Å². The highest BCUT2D eigenvalue weighted by Crippen LogP contribution is 2.32. The molecular weight excluding hydrogens is 347 g/mol. The summed E-state index contributed by atoms with van der Waals surface area (Å²) in [6.07, 6.45) is 1.73. The van der Waals surface area contributed by atoms with Crippen LogP contribution in [0.3, 0.4) is 0 Å². The SMILES string of the molecule is CCCc1cc(=O)oc2cc(OCc3ccc(Cl)cc3)c(Cl)cc12. The monoisotopic (exact) mass is 362 g/mol. The van der Waals surface area contributed by atoms with E-state index in [2.05, 4.69) is 6.92 Å². The van der Waals surface area contributed by atoms with Crippen LogP contribution in [0.15, 0.2) is 51.7 Å². The molecule has 0 bridgehead atoms. The van der Waals surface area contributed by atoms with Gasteiger partial charge in [-0.3, -0.25) is 0 Å². The molecule has 0 aliphatic carbocycles. The van der Waals surface area contributed by atoms with E-state index in [1.807, 2.05) is 12.1 Å². The molecule has 0 amide bonds. The lowest BCUT2D eigenvalue weighted by atomic mass is 10.1. The fourth-order valence-corrected chi connectivity index (χ4v) is 2.90. The Balaban J connectivity index is 1.92. The van der Waals surface area contributed by atoms with Crippen molar-refractivity contribution in [2.24, 2.45) is 0 Å². The molecule has 0 aliphatic rings. The number of fused-ring (bicyclic) bond motifs is 1. The molecule has 5 heteroatoms. The summed E-state index contributed by atoms with van der Waals surface area (Å²) in [5.41, 5.74) is 2.03. The average Bonchev–Trinajstić information content (AvgIpc) is 2.55. The Hall–Kier alpha value is -1.97. The van der Waals surface area contributed by atoms with Crippen LogP contribution in [0.4, 0.5) is 0 Å². The van der Waals surface area contributed by atoms with Crippen molar-refractivity contribution in [3.05, 3.63) is 74.1 Å². The van der Waals surface area contributed by atoms with Gasteiger partial charge in [-0.1, -0.05) is 48.7 Å². The fraction of sp³-hybridized carbons (Fsp3) is 0.211. The third-order valence-electron chi connectivity index (χ3n) is 3.71. The van der Waals surface area contributed by atoms with Crippen LogP contribution in [0.5, 0.6) is 5.75 Å². The second-order valence-electron chi connectivity index (χ2n) is 5.53. The van der Waals surface area contributed by atoms with E-state index in [0.29, 0.717) is 28.0 Å². The van der Waals surface area contributed by atoms with E-state index in [1.54, 1.807) is 24.3 Å². The normalized spacial score (nSPS) is 11.0. The van der Waals surface area contributed by atoms with Gasteiger partial charge in [0.1, 0.15) is 17.9 Å². The number of hydrogen-bond donors (Lipinski definition) is 0. The van der Waals surface area contributed by atoms with Crippen LogP contribution in [-0.4, -0.2) is 0 Å². The summed E-state index contributed by atoms with van der Waals surface area (Å²) < 4.78 is 11.1. The second-order valence-corrected chi connectivity index (χ2v) is 6.38. The van der Waals surface area contributed by atoms with Gasteiger partial charge in [0.2, 0.25) is 0 Å². The number of hydrogen-bond acceptors (Lipinski definition) is 3. The van der Waals surface area contributed by atoms with Crippen molar-refractivity contribution < 1.29 is 9.15 Å². The first kappa shape index (κ1) is 16.9. The zero-order valence-electron chi connectivity index (χ0n) is 13.1. The van der Waals surface area contributed by atoms with Gasteiger partial charge in [0.15, 0.2) is 0 Å². The molecule has 0 radical (unpaired) electrons. The first-order valence-electron chi connectivity index (χ1n) is 7.70. The lowest BCUT2D eigenvalue weighted by Crippen LogP contribution is -2.02. The number of ether oxygens (including phenoxy) is 1. The Bertz CT molecular complexity index is 914. The molecule has 2 aromatic carbocycles. The summed E-state index contributed by atoms with van der Waals surface area (Å²) in [6.45, 7) is 2.41. The molecule has 124 valence electrons. The standard InChI is InChI=1S/C19H16Cl2O3/c1-2-3-13-8-19(22)24-17-10-18(16(21)9-15(13)17)23-11-12-4-6-14(20)7-5-12/h4-10H,2-3,11H2,1H3. The Morgan fingerprint density at radius 3 is 2.54 bits per heavy atom. The summed E-state index contributed by atoms with van der Waals surface area (Å²) in [7, 11) is 0. The Kier molecular flexibility index (Phi) is 5.12. The Labute approximate surface area is 149 Å². The Morgan fingerprint density at radius 1 is 1.08 bits per heavy atom. The predicted molar refractivity (Wildman–Crippen MR) is 97.3 cm³/mol. The molecule has 3 aromatic rings. The van der Waals surface area contributed by atoms with Crippen LogP contribution in [0.25, 0.3) is 11.0 Å². The van der Waals surface area contributed by atoms with E-state index in [-0.39, 0.29) is 5.63 Å². The van der Waals surface area contributed by atoms with Gasteiger partial charge in [0, 0.05) is 22.5 Å². The zero-order chi connectivity index (χ0) is 17.1. The Morgan fingerprint density at radius 2 is 1.83 bits per heavy atom. The van der Waals surface area contributed by atoms with E-state index in [1.165, 1.54) is 6.07 Å². The largest absolute Gasteiger partial charge is 0.487 e. The molecule has 0 N–H and O–H groups in total. The van der Waals surface area contributed by atoms with Gasteiger partial charge in [-0.2, -0.15) is 0 Å². The highest BCUT2D eigenvalue weighted by atomic mass is 35.5. The first-order chi connectivity index (χ1) is 11.6. The average molecular weight is 363 g/mol. The number of aryl methyl sites for hydroxylation is 1. The van der Waals surface area contributed by atoms with Crippen molar-refractivity contribution in [2.75, 3.05) is 0 Å². The molecule has 3 nitrogen and oxygen atoms in total. The first-order valence-corrected chi connectivity index (χ1v) is 8.46. The van der Waals surface area contributed by atoms with Gasteiger partial charge in [0.25, 0.3) is 0 Å². The molecule has 1 aromatic heterocycles. The fourth-order valence-electron chi connectivity index (χ4n) is 2.56. The molecule has 1 heterocycles. The third kappa shape index (κ3) is 3.74. The van der Waals surface area contributed by atoms with E-state index in [9.17, 15) is 4.79 Å². The van der Waals surface area contributed by atoms with Gasteiger partial charge in [-0.25, -0.2) is 4.79 Å². The lowest BCUT2D eigenvalue weighted by Gasteiger charge is -2.11. The van der Waals surface area contributed by atoms with E-state index >= 15 is 0 Å². The molecule has 24 heavy (non-hydrogen) atoms. The van der Waals surface area contributed by atoms with Crippen molar-refractivity contribution in [1.29, 1.82) is 0 Å². The van der Waals surface area contributed by atoms with Gasteiger partial charge in [0.05, 0.1) is 5.02 Å². The van der Waals surface area contributed by atoms with Crippen LogP contribution < -0.4 is 10.4 Å². The maximum absolute atomic E-state index is 11.7. The topological polar surface area (TPSA) is 39.4 Å². The molecule has 0 aliphatic heterocycles. The van der Waals surface area contributed by atoms with Crippen LogP contribution in [0.1, 0.15) is 24.5 Å². The molecule has 0 atom stereocenters. The van der Waals surface area contributed by atoms with Crippen molar-refractivity contribution in [3.8, 4) is 5.75 Å². The highest BCUT2D eigenvalue weighted by molar-refractivity contribution is 6.32. The van der Waals surface area contributed by atoms with Crippen LogP contribution in [-0.2, 0) is 13.0 Å². The molecular formula is C19H16Cl2O3. The lowest BCUT2D eigenvalue weighted by molar-refractivity contribution is 0.306. The van der Waals surface area contributed by atoms with Crippen LogP contribution in [0.2, 0.25) is 10.0 Å². The molecule has 3 rings (SSSR count). The minimum atomic E-state index is -0.364. The number of rotatable bonds is 5. The van der Waals surface area contributed by atoms with E-state index in [0.717, 1.165) is 29.4 Å². The van der Waals surface area contributed by atoms with Crippen LogP contribution >= 0.6 is 23.2 Å². The molecule has 0 unspecified atom stereocenters. The second kappa shape index (κ2) is 7.29. The van der Waals surface area contributed by atoms with Crippen molar-refractivity contribution in [1.82, 2.24) is 0 Å². The molecule has 0 fully saturated rings. The molecule has 0 saturated heterocycles. The van der Waals surface area contributed by atoms with Crippen LogP contribution in [0, 0.1) is 0 Å². The summed E-state index contributed by atoms with van der Waals surface area (Å²) in [5, 5.41) is 2.01. The highest BCUT2D eigenvalue weighted by Gasteiger charge is 2.11. The smallest absolute Gasteiger partial charge is 0.336 e. The van der Waals surface area contributed by atoms with E-state index < -0.39 is 0 Å². The maximum Gasteiger partial charge on any atom is 0.336 e. The van der Waals surface area contributed by atoms with Crippen molar-refractivity contribution >= 4 is 34.2 Å². The van der Waals surface area contributed by atoms with Gasteiger partial charge >= 0.3 is 5.63 Å². The maximum atomic E-state index is 11.7.